The highest BCUT2D eigenvalue weighted by molar-refractivity contribution is 7.11. The van der Waals surface area contributed by atoms with E-state index < -0.39 is 0 Å². The average Bonchev–Trinajstić information content (AvgIpc) is 3.14. The molecule has 0 saturated carbocycles. The minimum Gasteiger partial charge on any atom is -0.356 e. The van der Waals surface area contributed by atoms with Crippen molar-refractivity contribution in [2.45, 2.75) is 19.9 Å². The topological polar surface area (TPSA) is 68.7 Å². The second-order valence-corrected chi connectivity index (χ2v) is 7.97. The highest BCUT2D eigenvalue weighted by atomic mass is 32.1. The SMILES string of the molecule is CN=C(NCCCN1CCN(c2ncccn2)CC1)NCc1ccc(C)s1. The van der Waals surface area contributed by atoms with Crippen LogP contribution in [-0.2, 0) is 6.54 Å². The molecule has 27 heavy (non-hydrogen) atoms. The van der Waals surface area contributed by atoms with E-state index in [1.807, 2.05) is 24.5 Å². The van der Waals surface area contributed by atoms with Crippen LogP contribution in [0.15, 0.2) is 35.6 Å². The van der Waals surface area contributed by atoms with Crippen molar-refractivity contribution >= 4 is 23.2 Å². The number of nitrogens with zero attached hydrogens (tertiary/aromatic N) is 5. The van der Waals surface area contributed by atoms with E-state index in [4.69, 9.17) is 0 Å². The summed E-state index contributed by atoms with van der Waals surface area (Å²) in [5, 5.41) is 6.78. The van der Waals surface area contributed by atoms with E-state index in [2.05, 4.69) is 54.5 Å². The van der Waals surface area contributed by atoms with Gasteiger partial charge in [-0.15, -0.1) is 11.3 Å². The average molecular weight is 388 g/mol. The zero-order valence-corrected chi connectivity index (χ0v) is 17.0. The first-order valence-corrected chi connectivity index (χ1v) is 10.3. The molecular weight excluding hydrogens is 358 g/mol. The molecule has 0 unspecified atom stereocenters. The van der Waals surface area contributed by atoms with E-state index in [0.29, 0.717) is 0 Å². The molecule has 1 saturated heterocycles. The molecule has 2 aromatic rings. The number of hydrogen-bond donors (Lipinski definition) is 2. The number of guanidine groups is 1. The van der Waals surface area contributed by atoms with Crippen LogP contribution in [0.1, 0.15) is 16.2 Å². The number of aryl methyl sites for hydroxylation is 1. The smallest absolute Gasteiger partial charge is 0.225 e. The minimum absolute atomic E-state index is 0.821. The molecule has 146 valence electrons. The molecule has 0 amide bonds. The Hall–Kier alpha value is -2.19. The number of nitrogens with one attached hydrogen (secondary N) is 2. The normalized spacial score (nSPS) is 15.8. The van der Waals surface area contributed by atoms with Crippen LogP contribution in [0, 0.1) is 6.92 Å². The number of thiophene rings is 1. The lowest BCUT2D eigenvalue weighted by molar-refractivity contribution is 0.254. The van der Waals surface area contributed by atoms with Gasteiger partial charge in [-0.1, -0.05) is 0 Å². The summed E-state index contributed by atoms with van der Waals surface area (Å²) >= 11 is 1.82. The Morgan fingerprint density at radius 2 is 1.93 bits per heavy atom. The summed E-state index contributed by atoms with van der Waals surface area (Å²) in [6.45, 7) is 9.06. The fraction of sp³-hybridized carbons (Fsp3) is 0.526. The molecule has 0 atom stereocenters. The van der Waals surface area contributed by atoms with Crippen molar-refractivity contribution in [2.75, 3.05) is 51.2 Å². The Balaban J connectivity index is 1.29. The van der Waals surface area contributed by atoms with Gasteiger partial charge in [0.05, 0.1) is 6.54 Å². The van der Waals surface area contributed by atoms with Gasteiger partial charge in [-0.2, -0.15) is 0 Å². The zero-order chi connectivity index (χ0) is 18.9. The molecule has 1 fully saturated rings. The van der Waals surface area contributed by atoms with E-state index in [1.54, 1.807) is 12.4 Å². The van der Waals surface area contributed by atoms with Gasteiger partial charge in [-0.3, -0.25) is 9.89 Å². The maximum atomic E-state index is 4.34. The molecule has 1 aliphatic rings. The van der Waals surface area contributed by atoms with Gasteiger partial charge in [0.2, 0.25) is 5.95 Å². The predicted octanol–water partition coefficient (Wildman–Crippen LogP) is 1.72. The monoisotopic (exact) mass is 387 g/mol. The van der Waals surface area contributed by atoms with Crippen LogP contribution in [0.2, 0.25) is 0 Å². The largest absolute Gasteiger partial charge is 0.356 e. The van der Waals surface area contributed by atoms with Crippen molar-refractivity contribution < 1.29 is 0 Å². The van der Waals surface area contributed by atoms with Crippen molar-refractivity contribution in [1.82, 2.24) is 25.5 Å². The molecule has 0 radical (unpaired) electrons. The molecule has 2 N–H and O–H groups in total. The Bertz CT molecular complexity index is 708. The third-order valence-electron chi connectivity index (χ3n) is 4.60. The fourth-order valence-electron chi connectivity index (χ4n) is 3.11. The molecular formula is C19H29N7S. The molecule has 7 nitrogen and oxygen atoms in total. The summed E-state index contributed by atoms with van der Waals surface area (Å²) in [6.07, 6.45) is 4.71. The minimum atomic E-state index is 0.821. The number of aliphatic imine (C=N–C) groups is 1. The summed E-state index contributed by atoms with van der Waals surface area (Å²) in [6, 6.07) is 6.18. The maximum absolute atomic E-state index is 4.34. The molecule has 0 aromatic carbocycles. The van der Waals surface area contributed by atoms with Gasteiger partial charge in [0.15, 0.2) is 5.96 Å². The van der Waals surface area contributed by atoms with Crippen LogP contribution < -0.4 is 15.5 Å². The number of rotatable bonds is 7. The molecule has 3 heterocycles. The Morgan fingerprint density at radius 1 is 1.15 bits per heavy atom. The molecule has 3 rings (SSSR count). The number of hydrogen-bond acceptors (Lipinski definition) is 6. The van der Waals surface area contributed by atoms with Gasteiger partial charge in [-0.05, 0) is 38.1 Å². The van der Waals surface area contributed by atoms with Crippen LogP contribution in [0.5, 0.6) is 0 Å². The predicted molar refractivity (Wildman–Crippen MR) is 113 cm³/mol. The van der Waals surface area contributed by atoms with Gasteiger partial charge in [0.1, 0.15) is 0 Å². The standard InChI is InChI=1S/C19H29N7S/c1-16-5-6-17(27-16)15-24-18(20-2)21-9-4-10-25-11-13-26(14-12-25)19-22-7-3-8-23-19/h3,5-8H,4,9-15H2,1-2H3,(H2,20,21,24). The number of anilines is 1. The second-order valence-electron chi connectivity index (χ2n) is 6.60. The van der Waals surface area contributed by atoms with Crippen molar-refractivity contribution in [3.8, 4) is 0 Å². The lowest BCUT2D eigenvalue weighted by Gasteiger charge is -2.34. The van der Waals surface area contributed by atoms with E-state index >= 15 is 0 Å². The summed E-state index contributed by atoms with van der Waals surface area (Å²) in [7, 11) is 1.82. The van der Waals surface area contributed by atoms with Crippen molar-refractivity contribution in [3.63, 3.8) is 0 Å². The van der Waals surface area contributed by atoms with E-state index in [0.717, 1.165) is 64.1 Å². The first-order valence-electron chi connectivity index (χ1n) is 9.49. The molecule has 2 aromatic heterocycles. The van der Waals surface area contributed by atoms with Crippen LogP contribution in [-0.4, -0.2) is 67.1 Å². The summed E-state index contributed by atoms with van der Waals surface area (Å²) in [4.78, 5) is 20.4. The Kier molecular flexibility index (Phi) is 7.41. The van der Waals surface area contributed by atoms with Crippen molar-refractivity contribution in [3.05, 3.63) is 40.3 Å². The van der Waals surface area contributed by atoms with Crippen molar-refractivity contribution in [1.29, 1.82) is 0 Å². The Morgan fingerprint density at radius 3 is 2.59 bits per heavy atom. The molecule has 1 aliphatic heterocycles. The highest BCUT2D eigenvalue weighted by Gasteiger charge is 2.18. The van der Waals surface area contributed by atoms with Gasteiger partial charge in [0, 0.05) is 61.9 Å². The quantitative estimate of drug-likeness (QED) is 0.428. The second kappa shape index (κ2) is 10.2. The lowest BCUT2D eigenvalue weighted by atomic mass is 10.3. The third-order valence-corrected chi connectivity index (χ3v) is 5.60. The molecule has 8 heteroatoms. The summed E-state index contributed by atoms with van der Waals surface area (Å²) < 4.78 is 0. The van der Waals surface area contributed by atoms with Gasteiger partial charge < -0.3 is 15.5 Å². The van der Waals surface area contributed by atoms with E-state index in [9.17, 15) is 0 Å². The molecule has 0 aliphatic carbocycles. The number of piperazine rings is 1. The Labute approximate surface area is 165 Å². The van der Waals surface area contributed by atoms with Crippen LogP contribution in [0.4, 0.5) is 5.95 Å². The van der Waals surface area contributed by atoms with Gasteiger partial charge >= 0.3 is 0 Å². The first kappa shape index (κ1) is 19.6. The molecule has 0 bridgehead atoms. The summed E-state index contributed by atoms with van der Waals surface area (Å²) in [5.41, 5.74) is 0. The van der Waals surface area contributed by atoms with Crippen LogP contribution >= 0.6 is 11.3 Å². The third kappa shape index (κ3) is 6.18. The van der Waals surface area contributed by atoms with Gasteiger partial charge in [-0.25, -0.2) is 9.97 Å². The van der Waals surface area contributed by atoms with Gasteiger partial charge in [0.25, 0.3) is 0 Å². The van der Waals surface area contributed by atoms with Crippen LogP contribution in [0.3, 0.4) is 0 Å². The summed E-state index contributed by atoms with van der Waals surface area (Å²) in [5.74, 6) is 1.71. The first-order chi connectivity index (χ1) is 13.2. The van der Waals surface area contributed by atoms with Crippen molar-refractivity contribution in [2.24, 2.45) is 4.99 Å². The maximum Gasteiger partial charge on any atom is 0.225 e. The van der Waals surface area contributed by atoms with Crippen LogP contribution in [0.25, 0.3) is 0 Å². The fourth-order valence-corrected chi connectivity index (χ4v) is 3.94. The lowest BCUT2D eigenvalue weighted by Crippen LogP contribution is -2.47. The molecule has 0 spiro atoms. The van der Waals surface area contributed by atoms with E-state index in [-0.39, 0.29) is 0 Å². The zero-order valence-electron chi connectivity index (χ0n) is 16.2. The van der Waals surface area contributed by atoms with E-state index in [1.165, 1.54) is 9.75 Å². The number of aromatic nitrogens is 2. The highest BCUT2D eigenvalue weighted by Crippen LogP contribution is 2.14.